The zero-order valence-corrected chi connectivity index (χ0v) is 10.6. The van der Waals surface area contributed by atoms with Crippen LogP contribution in [0.2, 0.25) is 0 Å². The topological polar surface area (TPSA) is 85.9 Å². The van der Waals surface area contributed by atoms with E-state index in [1.54, 1.807) is 0 Å². The summed E-state index contributed by atoms with van der Waals surface area (Å²) < 4.78 is 59.2. The average Bonchev–Trinajstić information content (AvgIpc) is 2.37. The lowest BCUT2D eigenvalue weighted by Gasteiger charge is -2.07. The highest BCUT2D eigenvalue weighted by Gasteiger charge is 2.30. The van der Waals surface area contributed by atoms with Crippen LogP contribution in [0.1, 0.15) is 5.56 Å². The summed E-state index contributed by atoms with van der Waals surface area (Å²) in [6.07, 6.45) is -2.43. The lowest BCUT2D eigenvalue weighted by atomic mass is 10.1. The zero-order valence-electron chi connectivity index (χ0n) is 9.79. The van der Waals surface area contributed by atoms with Crippen LogP contribution in [0.4, 0.5) is 13.2 Å². The minimum Gasteiger partial charge on any atom is -0.235 e. The summed E-state index contributed by atoms with van der Waals surface area (Å²) in [5.74, 6) is 0.103. The first-order valence-corrected chi connectivity index (χ1v) is 6.75. The molecule has 0 radical (unpaired) electrons. The van der Waals surface area contributed by atoms with Crippen molar-refractivity contribution in [2.45, 2.75) is 11.1 Å². The molecule has 0 fully saturated rings. The standard InChI is InChI=1S/C11H8F3N3O2S/c12-11(13,14)8-3-1-7(2-4-8)10-16-5-9(6-17-10)20(15,18)19/h1-6H,(H2,15,18,19). The van der Waals surface area contributed by atoms with Gasteiger partial charge in [-0.3, -0.25) is 0 Å². The Kier molecular flexibility index (Phi) is 3.48. The second-order valence-electron chi connectivity index (χ2n) is 3.86. The number of nitrogens with two attached hydrogens (primary N) is 1. The smallest absolute Gasteiger partial charge is 0.235 e. The molecule has 0 spiro atoms. The third-order valence-corrected chi connectivity index (χ3v) is 3.29. The Morgan fingerprint density at radius 1 is 1.00 bits per heavy atom. The molecule has 2 aromatic rings. The first kappa shape index (κ1) is 14.4. The van der Waals surface area contributed by atoms with Gasteiger partial charge in [0.1, 0.15) is 4.90 Å². The molecule has 2 rings (SSSR count). The molecule has 0 unspecified atom stereocenters. The molecule has 9 heteroatoms. The third kappa shape index (κ3) is 3.11. The van der Waals surface area contributed by atoms with Crippen LogP contribution in [-0.4, -0.2) is 18.4 Å². The van der Waals surface area contributed by atoms with E-state index in [9.17, 15) is 21.6 Å². The summed E-state index contributed by atoms with van der Waals surface area (Å²) in [7, 11) is -3.90. The number of hydrogen-bond acceptors (Lipinski definition) is 4. The second kappa shape index (κ2) is 4.84. The number of halogens is 3. The van der Waals surface area contributed by atoms with Gasteiger partial charge in [0.15, 0.2) is 5.82 Å². The molecule has 1 aromatic carbocycles. The number of benzene rings is 1. The summed E-state index contributed by atoms with van der Waals surface area (Å²) in [5.41, 5.74) is -0.457. The van der Waals surface area contributed by atoms with Gasteiger partial charge in [-0.1, -0.05) is 12.1 Å². The lowest BCUT2D eigenvalue weighted by Crippen LogP contribution is -2.13. The quantitative estimate of drug-likeness (QED) is 0.916. The monoisotopic (exact) mass is 303 g/mol. The SMILES string of the molecule is NS(=O)(=O)c1cnc(-c2ccc(C(F)(F)F)cc2)nc1. The largest absolute Gasteiger partial charge is 0.416 e. The predicted octanol–water partition coefficient (Wildman–Crippen LogP) is 1.81. The number of alkyl halides is 3. The fourth-order valence-electron chi connectivity index (χ4n) is 1.42. The van der Waals surface area contributed by atoms with Gasteiger partial charge in [0.25, 0.3) is 0 Å². The molecule has 0 bridgehead atoms. The fourth-order valence-corrected chi connectivity index (χ4v) is 1.82. The van der Waals surface area contributed by atoms with Crippen LogP contribution >= 0.6 is 0 Å². The highest BCUT2D eigenvalue weighted by molar-refractivity contribution is 7.89. The molecule has 20 heavy (non-hydrogen) atoms. The first-order valence-electron chi connectivity index (χ1n) is 5.20. The van der Waals surface area contributed by atoms with E-state index in [0.29, 0.717) is 5.56 Å². The number of nitrogens with zero attached hydrogens (tertiary/aromatic N) is 2. The summed E-state index contributed by atoms with van der Waals surface area (Å²) in [6, 6.07) is 4.20. The Morgan fingerprint density at radius 2 is 1.50 bits per heavy atom. The molecule has 0 aliphatic carbocycles. The summed E-state index contributed by atoms with van der Waals surface area (Å²) >= 11 is 0. The van der Waals surface area contributed by atoms with Gasteiger partial charge in [0.05, 0.1) is 18.0 Å². The maximum Gasteiger partial charge on any atom is 0.416 e. The van der Waals surface area contributed by atoms with Crippen molar-refractivity contribution in [1.29, 1.82) is 0 Å². The van der Waals surface area contributed by atoms with Crippen molar-refractivity contribution in [1.82, 2.24) is 9.97 Å². The Balaban J connectivity index is 2.33. The van der Waals surface area contributed by atoms with Crippen LogP contribution in [0, 0.1) is 0 Å². The van der Waals surface area contributed by atoms with Crippen LogP contribution < -0.4 is 5.14 Å². The molecular weight excluding hydrogens is 295 g/mol. The van der Waals surface area contributed by atoms with Gasteiger partial charge < -0.3 is 0 Å². The number of rotatable bonds is 2. The van der Waals surface area contributed by atoms with Crippen molar-refractivity contribution in [2.75, 3.05) is 0 Å². The van der Waals surface area contributed by atoms with Gasteiger partial charge in [-0.25, -0.2) is 23.5 Å². The van der Waals surface area contributed by atoms with Gasteiger partial charge in [-0.05, 0) is 12.1 Å². The predicted molar refractivity (Wildman–Crippen MR) is 63.8 cm³/mol. The van der Waals surface area contributed by atoms with Crippen molar-refractivity contribution in [2.24, 2.45) is 5.14 Å². The molecule has 0 aliphatic rings. The number of sulfonamides is 1. The number of primary sulfonamides is 1. The van der Waals surface area contributed by atoms with Gasteiger partial charge in [-0.15, -0.1) is 0 Å². The molecule has 0 amide bonds. The highest BCUT2D eigenvalue weighted by atomic mass is 32.2. The van der Waals surface area contributed by atoms with Crippen molar-refractivity contribution < 1.29 is 21.6 Å². The molecule has 5 nitrogen and oxygen atoms in total. The minimum atomic E-state index is -4.42. The van der Waals surface area contributed by atoms with Gasteiger partial charge >= 0.3 is 6.18 Å². The Hall–Kier alpha value is -2.00. The van der Waals surface area contributed by atoms with E-state index in [1.165, 1.54) is 12.1 Å². The molecule has 0 atom stereocenters. The molecule has 2 N–H and O–H groups in total. The summed E-state index contributed by atoms with van der Waals surface area (Å²) in [5, 5.41) is 4.88. The lowest BCUT2D eigenvalue weighted by molar-refractivity contribution is -0.137. The maximum absolute atomic E-state index is 12.4. The molecular formula is C11H8F3N3O2S. The normalized spacial score (nSPS) is 12.4. The first-order chi connectivity index (χ1) is 9.18. The van der Waals surface area contributed by atoms with Crippen LogP contribution in [0.5, 0.6) is 0 Å². The van der Waals surface area contributed by atoms with Gasteiger partial charge in [0.2, 0.25) is 10.0 Å². The average molecular weight is 303 g/mol. The van der Waals surface area contributed by atoms with Crippen LogP contribution in [0.25, 0.3) is 11.4 Å². The molecule has 0 saturated heterocycles. The Labute approximate surface area is 112 Å². The highest BCUT2D eigenvalue weighted by Crippen LogP contribution is 2.30. The van der Waals surface area contributed by atoms with Crippen molar-refractivity contribution >= 4 is 10.0 Å². The Bertz CT molecular complexity index is 710. The summed E-state index contributed by atoms with van der Waals surface area (Å²) in [4.78, 5) is 7.24. The molecule has 0 aliphatic heterocycles. The maximum atomic E-state index is 12.4. The number of aromatic nitrogens is 2. The second-order valence-corrected chi connectivity index (χ2v) is 5.42. The van der Waals surface area contributed by atoms with E-state index >= 15 is 0 Å². The van der Waals surface area contributed by atoms with Crippen LogP contribution in [0.3, 0.4) is 0 Å². The fraction of sp³-hybridized carbons (Fsp3) is 0.0909. The Morgan fingerprint density at radius 3 is 1.90 bits per heavy atom. The van der Waals surface area contributed by atoms with Crippen molar-refractivity contribution in [3.8, 4) is 11.4 Å². The zero-order chi connectivity index (χ0) is 15.0. The van der Waals surface area contributed by atoms with Crippen LogP contribution in [0.15, 0.2) is 41.6 Å². The van der Waals surface area contributed by atoms with E-state index < -0.39 is 21.8 Å². The summed E-state index contributed by atoms with van der Waals surface area (Å²) in [6.45, 7) is 0. The van der Waals surface area contributed by atoms with Crippen molar-refractivity contribution in [3.63, 3.8) is 0 Å². The van der Waals surface area contributed by atoms with Gasteiger partial charge in [-0.2, -0.15) is 13.2 Å². The van der Waals surface area contributed by atoms with Gasteiger partial charge in [0, 0.05) is 5.56 Å². The molecule has 1 heterocycles. The van der Waals surface area contributed by atoms with E-state index in [2.05, 4.69) is 9.97 Å². The molecule has 1 aromatic heterocycles. The molecule has 106 valence electrons. The minimum absolute atomic E-state index is 0.103. The van der Waals surface area contributed by atoms with E-state index in [1.807, 2.05) is 0 Å². The van der Waals surface area contributed by atoms with E-state index in [-0.39, 0.29) is 10.7 Å². The third-order valence-electron chi connectivity index (χ3n) is 2.43. The van der Waals surface area contributed by atoms with Crippen molar-refractivity contribution in [3.05, 3.63) is 42.2 Å². The van der Waals surface area contributed by atoms with E-state index in [0.717, 1.165) is 24.5 Å². The molecule has 0 saturated carbocycles. The van der Waals surface area contributed by atoms with E-state index in [4.69, 9.17) is 5.14 Å². The number of hydrogen-bond donors (Lipinski definition) is 1. The van der Waals surface area contributed by atoms with Crippen LogP contribution in [-0.2, 0) is 16.2 Å².